The second-order valence-electron chi connectivity index (χ2n) is 5.39. The SMILES string of the molecule is CSc1ccc(Oc2cc(F)cc(C#N)c2)c2c1C(O)C(F)(Cl)C2. The van der Waals surface area contributed by atoms with E-state index in [1.807, 2.05) is 6.07 Å². The Bertz CT molecular complexity index is 851. The van der Waals surface area contributed by atoms with Gasteiger partial charge in [0.05, 0.1) is 11.6 Å². The topological polar surface area (TPSA) is 53.2 Å². The number of nitrogens with zero attached hydrogens (tertiary/aromatic N) is 1. The average Bonchev–Trinajstić information content (AvgIpc) is 2.78. The zero-order valence-corrected chi connectivity index (χ0v) is 14.1. The molecule has 0 aliphatic heterocycles. The minimum atomic E-state index is -2.31. The predicted molar refractivity (Wildman–Crippen MR) is 87.8 cm³/mol. The summed E-state index contributed by atoms with van der Waals surface area (Å²) in [5, 5.41) is 16.7. The van der Waals surface area contributed by atoms with Gasteiger partial charge in [0.1, 0.15) is 23.4 Å². The normalized spacial score (nSPS) is 22.1. The molecule has 124 valence electrons. The van der Waals surface area contributed by atoms with Gasteiger partial charge in [-0.3, -0.25) is 0 Å². The lowest BCUT2D eigenvalue weighted by Gasteiger charge is -2.16. The van der Waals surface area contributed by atoms with Crippen LogP contribution >= 0.6 is 23.4 Å². The minimum Gasteiger partial charge on any atom is -0.457 e. The summed E-state index contributed by atoms with van der Waals surface area (Å²) in [7, 11) is 0. The van der Waals surface area contributed by atoms with Crippen LogP contribution in [0.4, 0.5) is 8.78 Å². The third-order valence-corrected chi connectivity index (χ3v) is 4.94. The van der Waals surface area contributed by atoms with Gasteiger partial charge in [0.15, 0.2) is 0 Å². The van der Waals surface area contributed by atoms with E-state index in [-0.39, 0.29) is 23.5 Å². The number of alkyl halides is 2. The molecule has 3 rings (SSSR count). The van der Waals surface area contributed by atoms with E-state index < -0.39 is 17.0 Å². The molecular formula is C17H12ClF2NO2S. The van der Waals surface area contributed by atoms with Gasteiger partial charge in [0.25, 0.3) is 0 Å². The lowest BCUT2D eigenvalue weighted by Crippen LogP contribution is -2.20. The van der Waals surface area contributed by atoms with Crippen molar-refractivity contribution in [3.8, 4) is 17.6 Å². The van der Waals surface area contributed by atoms with Crippen molar-refractivity contribution in [3.05, 3.63) is 52.8 Å². The second kappa shape index (κ2) is 6.25. The lowest BCUT2D eigenvalue weighted by atomic mass is 10.1. The van der Waals surface area contributed by atoms with Gasteiger partial charge >= 0.3 is 0 Å². The highest BCUT2D eigenvalue weighted by atomic mass is 35.5. The molecular weight excluding hydrogens is 356 g/mol. The quantitative estimate of drug-likeness (QED) is 0.630. The molecule has 0 aromatic heterocycles. The van der Waals surface area contributed by atoms with Crippen LogP contribution in [-0.4, -0.2) is 16.5 Å². The van der Waals surface area contributed by atoms with Crippen molar-refractivity contribution in [2.75, 3.05) is 6.26 Å². The maximum Gasteiger partial charge on any atom is 0.217 e. The van der Waals surface area contributed by atoms with E-state index in [0.29, 0.717) is 16.0 Å². The van der Waals surface area contributed by atoms with Crippen LogP contribution in [0, 0.1) is 17.1 Å². The van der Waals surface area contributed by atoms with E-state index in [4.69, 9.17) is 21.6 Å². The van der Waals surface area contributed by atoms with Crippen molar-refractivity contribution in [1.29, 1.82) is 5.26 Å². The highest BCUT2D eigenvalue weighted by molar-refractivity contribution is 7.98. The average molecular weight is 368 g/mol. The Balaban J connectivity index is 2.06. The van der Waals surface area contributed by atoms with Crippen molar-refractivity contribution in [2.24, 2.45) is 0 Å². The van der Waals surface area contributed by atoms with E-state index >= 15 is 0 Å². The molecule has 0 saturated heterocycles. The summed E-state index contributed by atoms with van der Waals surface area (Å²) < 4.78 is 33.6. The van der Waals surface area contributed by atoms with Gasteiger partial charge in [-0.25, -0.2) is 8.78 Å². The van der Waals surface area contributed by atoms with Crippen LogP contribution in [0.25, 0.3) is 0 Å². The largest absolute Gasteiger partial charge is 0.457 e. The Morgan fingerprint density at radius 1 is 1.42 bits per heavy atom. The van der Waals surface area contributed by atoms with E-state index in [2.05, 4.69) is 0 Å². The van der Waals surface area contributed by atoms with Gasteiger partial charge in [0.2, 0.25) is 5.13 Å². The molecule has 0 bridgehead atoms. The number of aliphatic hydroxyl groups is 1. The third kappa shape index (κ3) is 2.95. The Hall–Kier alpha value is -1.81. The van der Waals surface area contributed by atoms with E-state index in [9.17, 15) is 13.9 Å². The Morgan fingerprint density at radius 3 is 2.83 bits per heavy atom. The molecule has 2 atom stereocenters. The van der Waals surface area contributed by atoms with Crippen LogP contribution in [0.3, 0.4) is 0 Å². The number of fused-ring (bicyclic) bond motifs is 1. The van der Waals surface area contributed by atoms with Gasteiger partial charge in [0, 0.05) is 28.5 Å². The number of nitriles is 1. The molecule has 0 spiro atoms. The van der Waals surface area contributed by atoms with Crippen LogP contribution in [-0.2, 0) is 6.42 Å². The summed E-state index contributed by atoms with van der Waals surface area (Å²) in [5.41, 5.74) is 0.934. The van der Waals surface area contributed by atoms with Gasteiger partial charge in [-0.05, 0) is 30.5 Å². The number of aliphatic hydroxyl groups excluding tert-OH is 1. The molecule has 7 heteroatoms. The zero-order chi connectivity index (χ0) is 17.5. The number of hydrogen-bond acceptors (Lipinski definition) is 4. The second-order valence-corrected chi connectivity index (χ2v) is 6.86. The summed E-state index contributed by atoms with van der Waals surface area (Å²) in [6.07, 6.45) is 0.110. The molecule has 3 nitrogen and oxygen atoms in total. The molecule has 0 saturated carbocycles. The Kier molecular flexibility index (Phi) is 4.43. The van der Waals surface area contributed by atoms with E-state index in [1.54, 1.807) is 18.4 Å². The molecule has 1 aliphatic carbocycles. The van der Waals surface area contributed by atoms with Gasteiger partial charge < -0.3 is 9.84 Å². The monoisotopic (exact) mass is 367 g/mol. The highest BCUT2D eigenvalue weighted by Crippen LogP contribution is 2.51. The number of halogens is 3. The van der Waals surface area contributed by atoms with Crippen molar-refractivity contribution in [1.82, 2.24) is 0 Å². The van der Waals surface area contributed by atoms with E-state index in [0.717, 1.165) is 12.1 Å². The first kappa shape index (κ1) is 17.0. The molecule has 2 aromatic carbocycles. The highest BCUT2D eigenvalue weighted by Gasteiger charge is 2.47. The first-order valence-electron chi connectivity index (χ1n) is 7.00. The standard InChI is InChI=1S/C17H12ClF2NO2S/c1-24-14-3-2-13(12-7-17(18,20)16(22)15(12)14)23-11-5-9(8-21)4-10(19)6-11/h2-6,16,22H,7H2,1H3. The molecule has 2 aromatic rings. The van der Waals surface area contributed by atoms with Crippen LogP contribution in [0.1, 0.15) is 22.8 Å². The molecule has 0 radical (unpaired) electrons. The minimum absolute atomic E-state index is 0.111. The zero-order valence-electron chi connectivity index (χ0n) is 12.5. The fraction of sp³-hybridized carbons (Fsp3) is 0.235. The maximum atomic E-state index is 14.4. The summed E-state index contributed by atoms with van der Waals surface area (Å²) in [6, 6.07) is 8.74. The molecule has 0 fully saturated rings. The van der Waals surface area contributed by atoms with Crippen LogP contribution in [0.5, 0.6) is 11.5 Å². The van der Waals surface area contributed by atoms with Gasteiger partial charge in [-0.1, -0.05) is 11.6 Å². The number of hydrogen-bond donors (Lipinski definition) is 1. The summed E-state index contributed by atoms with van der Waals surface area (Å²) in [5.74, 6) is -0.221. The van der Waals surface area contributed by atoms with Crippen LogP contribution in [0.2, 0.25) is 0 Å². The molecule has 0 amide bonds. The van der Waals surface area contributed by atoms with Crippen molar-refractivity contribution >= 4 is 23.4 Å². The fourth-order valence-electron chi connectivity index (χ4n) is 2.74. The Labute approximate surface area is 146 Å². The first-order chi connectivity index (χ1) is 11.4. The molecule has 2 unspecified atom stereocenters. The van der Waals surface area contributed by atoms with Crippen LogP contribution < -0.4 is 4.74 Å². The number of ether oxygens (including phenoxy) is 1. The summed E-state index contributed by atoms with van der Waals surface area (Å²) >= 11 is 7.13. The third-order valence-electron chi connectivity index (χ3n) is 3.81. The van der Waals surface area contributed by atoms with Crippen molar-refractivity contribution < 1.29 is 18.6 Å². The molecule has 1 N–H and O–H groups in total. The van der Waals surface area contributed by atoms with Crippen molar-refractivity contribution in [3.63, 3.8) is 0 Å². The summed E-state index contributed by atoms with van der Waals surface area (Å²) in [4.78, 5) is 0.696. The molecule has 0 heterocycles. The fourth-order valence-corrected chi connectivity index (χ4v) is 3.64. The first-order valence-corrected chi connectivity index (χ1v) is 8.60. The van der Waals surface area contributed by atoms with Crippen LogP contribution in [0.15, 0.2) is 35.2 Å². The number of rotatable bonds is 3. The summed E-state index contributed by atoms with van der Waals surface area (Å²) in [6.45, 7) is 0. The van der Waals surface area contributed by atoms with Gasteiger partial charge in [-0.15, -0.1) is 11.8 Å². The van der Waals surface area contributed by atoms with E-state index in [1.165, 1.54) is 17.8 Å². The molecule has 24 heavy (non-hydrogen) atoms. The van der Waals surface area contributed by atoms with Gasteiger partial charge in [-0.2, -0.15) is 5.26 Å². The smallest absolute Gasteiger partial charge is 0.217 e. The molecule has 1 aliphatic rings. The number of benzene rings is 2. The predicted octanol–water partition coefficient (Wildman–Crippen LogP) is 4.71. The Morgan fingerprint density at radius 2 is 2.17 bits per heavy atom. The van der Waals surface area contributed by atoms with Crippen molar-refractivity contribution in [2.45, 2.75) is 22.5 Å². The lowest BCUT2D eigenvalue weighted by molar-refractivity contribution is 0.0625. The maximum absolute atomic E-state index is 14.4. The number of thioether (sulfide) groups is 1.